The minimum atomic E-state index is -0.255. The third-order valence-electron chi connectivity index (χ3n) is 5.16. The average molecular weight is 444 g/mol. The third kappa shape index (κ3) is 3.80. The predicted molar refractivity (Wildman–Crippen MR) is 129 cm³/mol. The van der Waals surface area contributed by atoms with Crippen LogP contribution < -0.4 is 16.1 Å². The molecule has 0 unspecified atom stereocenters. The van der Waals surface area contributed by atoms with Gasteiger partial charge in [-0.05, 0) is 23.7 Å². The highest BCUT2D eigenvalue weighted by Gasteiger charge is 2.14. The minimum absolute atomic E-state index is 0.255. The first-order chi connectivity index (χ1) is 15.6. The molecule has 5 aromatic rings. The first kappa shape index (κ1) is 20.1. The normalized spacial score (nSPS) is 11.2. The smallest absolute Gasteiger partial charge is 0.287 e. The fourth-order valence-corrected chi connectivity index (χ4v) is 3.79. The zero-order valence-electron chi connectivity index (χ0n) is 17.3. The molecule has 158 valence electrons. The van der Waals surface area contributed by atoms with E-state index in [9.17, 15) is 4.79 Å². The summed E-state index contributed by atoms with van der Waals surface area (Å²) in [5.41, 5.74) is 3.99. The largest absolute Gasteiger partial charge is 0.451 e. The van der Waals surface area contributed by atoms with Crippen LogP contribution >= 0.6 is 11.6 Å². The van der Waals surface area contributed by atoms with Crippen molar-refractivity contribution in [2.75, 3.05) is 18.4 Å². The number of fused-ring (bicyclic) bond motifs is 2. The number of hydrogen-bond donors (Lipinski definition) is 2. The number of nitrogens with zero attached hydrogens (tertiary/aromatic N) is 3. The molecular formula is C23H19BClN5O2. The maximum absolute atomic E-state index is 12.4. The molecule has 0 bridgehead atoms. The van der Waals surface area contributed by atoms with E-state index < -0.39 is 0 Å². The summed E-state index contributed by atoms with van der Waals surface area (Å²) in [7, 11) is 1.96. The van der Waals surface area contributed by atoms with Gasteiger partial charge in [-0.15, -0.1) is 0 Å². The molecule has 2 N–H and O–H groups in total. The number of aromatic nitrogens is 3. The summed E-state index contributed by atoms with van der Waals surface area (Å²) in [4.78, 5) is 17.2. The van der Waals surface area contributed by atoms with Gasteiger partial charge in [0.2, 0.25) is 0 Å². The summed E-state index contributed by atoms with van der Waals surface area (Å²) < 4.78 is 7.36. The highest BCUT2D eigenvalue weighted by molar-refractivity contribution is 6.36. The van der Waals surface area contributed by atoms with E-state index in [-0.39, 0.29) is 5.91 Å². The lowest BCUT2D eigenvalue weighted by molar-refractivity contribution is 0.0929. The van der Waals surface area contributed by atoms with Crippen LogP contribution in [0.4, 0.5) is 5.82 Å². The van der Waals surface area contributed by atoms with Gasteiger partial charge in [-0.2, -0.15) is 9.61 Å². The van der Waals surface area contributed by atoms with Gasteiger partial charge in [0.15, 0.2) is 11.4 Å². The average Bonchev–Trinajstić information content (AvgIpc) is 3.41. The third-order valence-corrected chi connectivity index (χ3v) is 5.49. The van der Waals surface area contributed by atoms with Crippen molar-refractivity contribution in [3.63, 3.8) is 0 Å². The number of carbonyl (C=O) groups is 1. The van der Waals surface area contributed by atoms with Gasteiger partial charge >= 0.3 is 0 Å². The molecule has 3 heterocycles. The van der Waals surface area contributed by atoms with E-state index in [2.05, 4.69) is 15.7 Å². The Morgan fingerprint density at radius 2 is 1.91 bits per heavy atom. The first-order valence-corrected chi connectivity index (χ1v) is 10.6. The zero-order valence-corrected chi connectivity index (χ0v) is 18.1. The van der Waals surface area contributed by atoms with Crippen molar-refractivity contribution in [3.8, 4) is 11.3 Å². The number of carbonyl (C=O) groups excluding carboxylic acids is 1. The van der Waals surface area contributed by atoms with E-state index in [4.69, 9.17) is 21.0 Å². The SMILES string of the molecule is Bc1cnn2c(NCCNC(=O)c3cc4ccccc4o3)cc(-c3ccccc3Cl)nc12. The van der Waals surface area contributed by atoms with E-state index in [0.717, 1.165) is 33.6 Å². The second-order valence-electron chi connectivity index (χ2n) is 7.40. The molecule has 0 aliphatic heterocycles. The number of amides is 1. The molecule has 32 heavy (non-hydrogen) atoms. The molecule has 0 aliphatic carbocycles. The van der Waals surface area contributed by atoms with Gasteiger partial charge in [-0.25, -0.2) is 4.98 Å². The standard InChI is InChI=1S/C23H19BClN5O2/c24-16-13-28-30-21(12-18(29-22(16)30)15-6-2-3-7-17(15)25)26-9-10-27-23(31)20-11-14-5-1-4-8-19(14)32-20/h1-8,11-13,26H,9-10,24H2,(H,27,31). The van der Waals surface area contributed by atoms with Crippen molar-refractivity contribution < 1.29 is 9.21 Å². The second-order valence-corrected chi connectivity index (χ2v) is 7.81. The molecule has 2 aromatic carbocycles. The van der Waals surface area contributed by atoms with Crippen LogP contribution in [0.1, 0.15) is 10.6 Å². The first-order valence-electron chi connectivity index (χ1n) is 10.2. The van der Waals surface area contributed by atoms with Crippen molar-refractivity contribution >= 4 is 53.3 Å². The molecule has 0 fully saturated rings. The highest BCUT2D eigenvalue weighted by atomic mass is 35.5. The van der Waals surface area contributed by atoms with Crippen molar-refractivity contribution in [2.45, 2.75) is 0 Å². The lowest BCUT2D eigenvalue weighted by Gasteiger charge is -2.12. The van der Waals surface area contributed by atoms with E-state index >= 15 is 0 Å². The Morgan fingerprint density at radius 1 is 1.09 bits per heavy atom. The molecule has 7 nitrogen and oxygen atoms in total. The Labute approximate surface area is 189 Å². The summed E-state index contributed by atoms with van der Waals surface area (Å²) in [6, 6.07) is 18.8. The lowest BCUT2D eigenvalue weighted by Crippen LogP contribution is -2.28. The Morgan fingerprint density at radius 3 is 2.75 bits per heavy atom. The van der Waals surface area contributed by atoms with Crippen LogP contribution in [0.5, 0.6) is 0 Å². The topological polar surface area (TPSA) is 84.5 Å². The molecule has 9 heteroatoms. The number of halogens is 1. The molecule has 0 spiro atoms. The predicted octanol–water partition coefficient (Wildman–Crippen LogP) is 2.90. The molecule has 0 atom stereocenters. The summed E-state index contributed by atoms with van der Waals surface area (Å²) in [6.07, 6.45) is 1.77. The van der Waals surface area contributed by atoms with Crippen molar-refractivity contribution in [2.24, 2.45) is 0 Å². The molecule has 0 radical (unpaired) electrons. The Kier molecular flexibility index (Phi) is 5.29. The van der Waals surface area contributed by atoms with Gasteiger partial charge in [0.25, 0.3) is 5.91 Å². The van der Waals surface area contributed by atoms with E-state index in [1.165, 1.54) is 0 Å². The second kappa shape index (κ2) is 8.40. The lowest BCUT2D eigenvalue weighted by atomic mass is 10.0. The van der Waals surface area contributed by atoms with Crippen molar-refractivity contribution in [3.05, 3.63) is 77.6 Å². The van der Waals surface area contributed by atoms with Gasteiger partial charge in [-0.1, -0.05) is 48.0 Å². The molecule has 0 aliphatic rings. The molecule has 3 aromatic heterocycles. The summed E-state index contributed by atoms with van der Waals surface area (Å²) in [5, 5.41) is 12.2. The Hall–Kier alpha value is -3.78. The fourth-order valence-electron chi connectivity index (χ4n) is 3.55. The maximum atomic E-state index is 12.4. The molecule has 0 saturated carbocycles. The fraction of sp³-hybridized carbons (Fsp3) is 0.0870. The molecule has 0 saturated heterocycles. The van der Waals surface area contributed by atoms with Crippen LogP contribution in [0, 0.1) is 0 Å². The maximum Gasteiger partial charge on any atom is 0.287 e. The monoisotopic (exact) mass is 443 g/mol. The number of para-hydroxylation sites is 1. The van der Waals surface area contributed by atoms with Crippen LogP contribution in [0.15, 0.2) is 71.3 Å². The number of anilines is 1. The van der Waals surface area contributed by atoms with Crippen molar-refractivity contribution in [1.82, 2.24) is 19.9 Å². The summed E-state index contributed by atoms with van der Waals surface area (Å²) in [5.74, 6) is 0.798. The van der Waals surface area contributed by atoms with Gasteiger partial charge in [0.05, 0.1) is 5.69 Å². The molecule has 5 rings (SSSR count). The Balaban J connectivity index is 1.31. The minimum Gasteiger partial charge on any atom is -0.451 e. The van der Waals surface area contributed by atoms with E-state index in [1.54, 1.807) is 16.8 Å². The van der Waals surface area contributed by atoms with Crippen LogP contribution in [0.25, 0.3) is 27.9 Å². The number of hydrogen-bond acceptors (Lipinski definition) is 5. The summed E-state index contributed by atoms with van der Waals surface area (Å²) in [6.45, 7) is 0.896. The number of benzene rings is 2. The number of rotatable bonds is 6. The van der Waals surface area contributed by atoms with Gasteiger partial charge in [0, 0.05) is 41.3 Å². The Bertz CT molecular complexity index is 1410. The van der Waals surface area contributed by atoms with Gasteiger partial charge in [-0.3, -0.25) is 4.79 Å². The zero-order chi connectivity index (χ0) is 22.1. The van der Waals surface area contributed by atoms with E-state index in [0.29, 0.717) is 29.5 Å². The molecular weight excluding hydrogens is 425 g/mol. The van der Waals surface area contributed by atoms with Crippen LogP contribution in [-0.4, -0.2) is 41.4 Å². The summed E-state index contributed by atoms with van der Waals surface area (Å²) >= 11 is 6.39. The van der Waals surface area contributed by atoms with Crippen molar-refractivity contribution in [1.29, 1.82) is 0 Å². The van der Waals surface area contributed by atoms with Crippen LogP contribution in [0.3, 0.4) is 0 Å². The quantitative estimate of drug-likeness (QED) is 0.311. The number of nitrogens with one attached hydrogen (secondary N) is 2. The van der Waals surface area contributed by atoms with Gasteiger partial charge < -0.3 is 15.1 Å². The highest BCUT2D eigenvalue weighted by Crippen LogP contribution is 2.28. The number of furan rings is 1. The van der Waals surface area contributed by atoms with Gasteiger partial charge in [0.1, 0.15) is 19.2 Å². The molecule has 1 amide bonds. The van der Waals surface area contributed by atoms with Crippen LogP contribution in [-0.2, 0) is 0 Å². The van der Waals surface area contributed by atoms with Crippen LogP contribution in [0.2, 0.25) is 5.02 Å². The van der Waals surface area contributed by atoms with E-state index in [1.807, 2.05) is 62.4 Å².